The minimum absolute atomic E-state index is 0.0248. The highest BCUT2D eigenvalue weighted by molar-refractivity contribution is 5.84. The van der Waals surface area contributed by atoms with E-state index in [-0.39, 0.29) is 13.2 Å². The molecule has 178 valence electrons. The van der Waals surface area contributed by atoms with Crippen LogP contribution in [0, 0.1) is 0 Å². The van der Waals surface area contributed by atoms with Gasteiger partial charge in [-0.15, -0.1) is 6.58 Å². The first kappa shape index (κ1) is 25.5. The minimum Gasteiger partial charge on any atom is -0.388 e. The number of benzene rings is 3. The number of carbonyl (C=O) groups excluding carboxylic acids is 1. The van der Waals surface area contributed by atoms with E-state index in [1.807, 2.05) is 91.0 Å². The Labute approximate surface area is 199 Å². The Hall–Kier alpha value is -3.13. The summed E-state index contributed by atoms with van der Waals surface area (Å²) in [5.74, 6) is -0.742. The zero-order valence-corrected chi connectivity index (χ0v) is 18.9. The molecule has 0 aliphatic heterocycles. The smallest absolute Gasteiger partial charge is 0.189 e. The second-order valence-corrected chi connectivity index (χ2v) is 7.82. The molecule has 0 fully saturated rings. The van der Waals surface area contributed by atoms with Crippen LogP contribution in [-0.2, 0) is 19.9 Å². The summed E-state index contributed by atoms with van der Waals surface area (Å²) in [6, 6.07) is 28.8. The molecule has 0 amide bonds. The van der Waals surface area contributed by atoms with E-state index < -0.39 is 36.3 Å². The number of ether oxygens (including phenoxy) is 2. The Kier molecular flexibility index (Phi) is 9.27. The molecule has 0 heterocycles. The van der Waals surface area contributed by atoms with E-state index in [2.05, 4.69) is 6.58 Å². The predicted octanol–water partition coefficient (Wildman–Crippen LogP) is 2.85. The van der Waals surface area contributed by atoms with E-state index in [4.69, 9.17) is 9.47 Å². The van der Waals surface area contributed by atoms with Crippen molar-refractivity contribution in [2.45, 2.75) is 23.9 Å². The van der Waals surface area contributed by atoms with Crippen molar-refractivity contribution in [2.24, 2.45) is 0 Å². The van der Waals surface area contributed by atoms with E-state index in [1.165, 1.54) is 6.08 Å². The topological polar surface area (TPSA) is 96.2 Å². The molecule has 3 N–H and O–H groups in total. The van der Waals surface area contributed by atoms with Gasteiger partial charge in [-0.25, -0.2) is 0 Å². The van der Waals surface area contributed by atoms with Gasteiger partial charge in [-0.05, 0) is 16.7 Å². The summed E-state index contributed by atoms with van der Waals surface area (Å²) in [6.07, 6.45) is -3.08. The van der Waals surface area contributed by atoms with Crippen molar-refractivity contribution in [3.63, 3.8) is 0 Å². The van der Waals surface area contributed by atoms with Crippen molar-refractivity contribution < 1.29 is 29.6 Å². The average Bonchev–Trinajstić information content (AvgIpc) is 2.90. The second kappa shape index (κ2) is 12.4. The third kappa shape index (κ3) is 5.67. The highest BCUT2D eigenvalue weighted by Gasteiger charge is 2.40. The number of aliphatic hydroxyl groups excluding tert-OH is 3. The zero-order chi connectivity index (χ0) is 24.4. The fourth-order valence-electron chi connectivity index (χ4n) is 3.92. The lowest BCUT2D eigenvalue weighted by Gasteiger charge is -2.37. The fourth-order valence-corrected chi connectivity index (χ4v) is 3.92. The monoisotopic (exact) mass is 462 g/mol. The molecule has 3 aromatic rings. The molecule has 0 radical (unpaired) electrons. The lowest BCUT2D eigenvalue weighted by molar-refractivity contribution is -0.153. The number of hydrogen-bond donors (Lipinski definition) is 3. The number of hydrogen-bond acceptors (Lipinski definition) is 6. The van der Waals surface area contributed by atoms with Crippen LogP contribution >= 0.6 is 0 Å². The minimum atomic E-state index is -1.61. The molecule has 0 unspecified atom stereocenters. The molecule has 6 nitrogen and oxygen atoms in total. The normalized spacial score (nSPS) is 14.2. The summed E-state index contributed by atoms with van der Waals surface area (Å²) in [6.45, 7) is 2.36. The van der Waals surface area contributed by atoms with E-state index in [0.717, 1.165) is 16.7 Å². The van der Waals surface area contributed by atoms with Gasteiger partial charge >= 0.3 is 0 Å². The van der Waals surface area contributed by atoms with Crippen molar-refractivity contribution in [2.75, 3.05) is 19.8 Å². The summed E-state index contributed by atoms with van der Waals surface area (Å²) in [7, 11) is 0. The van der Waals surface area contributed by atoms with E-state index in [9.17, 15) is 20.1 Å². The third-order valence-corrected chi connectivity index (χ3v) is 5.58. The largest absolute Gasteiger partial charge is 0.388 e. The molecule has 0 aliphatic carbocycles. The van der Waals surface area contributed by atoms with Gasteiger partial charge in [-0.2, -0.15) is 0 Å². The van der Waals surface area contributed by atoms with Gasteiger partial charge in [0.15, 0.2) is 5.78 Å². The number of rotatable bonds is 13. The van der Waals surface area contributed by atoms with Gasteiger partial charge in [0, 0.05) is 0 Å². The number of Topliss-reactive ketones (excluding diaryl/α,β-unsaturated/α-hetero) is 1. The number of carbonyl (C=O) groups is 1. The van der Waals surface area contributed by atoms with Crippen molar-refractivity contribution in [1.82, 2.24) is 0 Å². The van der Waals surface area contributed by atoms with Crippen LogP contribution in [0.4, 0.5) is 0 Å². The Morgan fingerprint density at radius 1 is 0.853 bits per heavy atom. The van der Waals surface area contributed by atoms with Crippen molar-refractivity contribution in [3.8, 4) is 0 Å². The molecule has 3 aromatic carbocycles. The molecule has 6 heteroatoms. The van der Waals surface area contributed by atoms with Crippen molar-refractivity contribution in [3.05, 3.63) is 120 Å². The summed E-state index contributed by atoms with van der Waals surface area (Å²) in [5.41, 5.74) is 1.41. The molecule has 0 aromatic heterocycles. The fraction of sp³-hybridized carbons (Fsp3) is 0.250. The highest BCUT2D eigenvalue weighted by atomic mass is 16.5. The molecule has 0 bridgehead atoms. The molecule has 0 saturated heterocycles. The quantitative estimate of drug-likeness (QED) is 0.267. The summed E-state index contributed by atoms with van der Waals surface area (Å²) >= 11 is 0. The van der Waals surface area contributed by atoms with Gasteiger partial charge in [-0.1, -0.05) is 97.1 Å². The maximum absolute atomic E-state index is 12.1. The lowest BCUT2D eigenvalue weighted by Crippen LogP contribution is -2.48. The van der Waals surface area contributed by atoms with Crippen LogP contribution in [0.1, 0.15) is 16.7 Å². The molecule has 0 spiro atoms. The van der Waals surface area contributed by atoms with E-state index >= 15 is 0 Å². The van der Waals surface area contributed by atoms with Gasteiger partial charge in [0.05, 0.1) is 13.2 Å². The lowest BCUT2D eigenvalue weighted by atomic mass is 9.80. The van der Waals surface area contributed by atoms with Gasteiger partial charge in [0.25, 0.3) is 0 Å². The molecule has 0 aliphatic rings. The first-order valence-electron chi connectivity index (χ1n) is 11.1. The summed E-state index contributed by atoms with van der Waals surface area (Å²) < 4.78 is 11.8. The zero-order valence-electron chi connectivity index (χ0n) is 18.9. The van der Waals surface area contributed by atoms with Crippen molar-refractivity contribution >= 4 is 5.78 Å². The Balaban J connectivity index is 2.00. The molecule has 34 heavy (non-hydrogen) atoms. The molecule has 0 saturated carbocycles. The maximum atomic E-state index is 12.1. The van der Waals surface area contributed by atoms with Crippen LogP contribution < -0.4 is 0 Å². The molecule has 3 atom stereocenters. The first-order chi connectivity index (χ1) is 16.5. The van der Waals surface area contributed by atoms with Crippen LogP contribution in [0.25, 0.3) is 0 Å². The Morgan fingerprint density at radius 3 is 1.68 bits per heavy atom. The third-order valence-electron chi connectivity index (χ3n) is 5.58. The SMILES string of the molecule is C=CCO[C@H](C(=O)CO)[C@H](O)[C@H](O)COC(c1ccccc1)(c1ccccc1)c1ccccc1. The van der Waals surface area contributed by atoms with Crippen LogP contribution in [0.15, 0.2) is 104 Å². The number of aliphatic hydroxyl groups is 3. The molecule has 3 rings (SSSR count). The Morgan fingerprint density at radius 2 is 1.29 bits per heavy atom. The molecular weight excluding hydrogens is 432 g/mol. The van der Waals surface area contributed by atoms with Crippen molar-refractivity contribution in [1.29, 1.82) is 0 Å². The van der Waals surface area contributed by atoms with E-state index in [1.54, 1.807) is 0 Å². The number of ketones is 1. The van der Waals surface area contributed by atoms with Crippen LogP contribution in [-0.4, -0.2) is 59.2 Å². The first-order valence-corrected chi connectivity index (χ1v) is 11.1. The standard InChI is InChI=1S/C28H30O6/c1-2-18-33-27(24(30)19-29)26(32)25(31)20-34-28(21-12-6-3-7-13-21,22-14-8-4-9-15-22)23-16-10-5-11-17-23/h2-17,25-27,29,31-32H,1,18-20H2/t25-,26-,27-/m1/s1. The van der Waals surface area contributed by atoms with Crippen LogP contribution in [0.3, 0.4) is 0 Å². The van der Waals surface area contributed by atoms with Crippen LogP contribution in [0.2, 0.25) is 0 Å². The highest BCUT2D eigenvalue weighted by Crippen LogP contribution is 2.40. The summed E-state index contributed by atoms with van der Waals surface area (Å²) in [5, 5.41) is 30.8. The van der Waals surface area contributed by atoms with Gasteiger partial charge in [0.2, 0.25) is 0 Å². The second-order valence-electron chi connectivity index (χ2n) is 7.82. The van der Waals surface area contributed by atoms with Gasteiger partial charge in [0.1, 0.15) is 30.5 Å². The predicted molar refractivity (Wildman–Crippen MR) is 129 cm³/mol. The Bertz CT molecular complexity index is 926. The molecular formula is C28H30O6. The van der Waals surface area contributed by atoms with E-state index in [0.29, 0.717) is 0 Å². The average molecular weight is 463 g/mol. The summed E-state index contributed by atoms with van der Waals surface area (Å²) in [4.78, 5) is 12.1. The maximum Gasteiger partial charge on any atom is 0.189 e. The van der Waals surface area contributed by atoms with Gasteiger partial charge in [-0.3, -0.25) is 4.79 Å². The van der Waals surface area contributed by atoms with Crippen LogP contribution in [0.5, 0.6) is 0 Å². The van der Waals surface area contributed by atoms with Gasteiger partial charge < -0.3 is 24.8 Å².